The maximum absolute atomic E-state index is 11.8. The summed E-state index contributed by atoms with van der Waals surface area (Å²) in [5.74, 6) is 0.579. The SMILES string of the molecule is CC(C)C(=O)N1CCCC(CNC(N)=O)C1. The Hall–Kier alpha value is -1.26. The summed E-state index contributed by atoms with van der Waals surface area (Å²) in [6, 6.07) is -0.493. The van der Waals surface area contributed by atoms with Gasteiger partial charge in [-0.05, 0) is 18.8 Å². The summed E-state index contributed by atoms with van der Waals surface area (Å²) in [5.41, 5.74) is 5.02. The van der Waals surface area contributed by atoms with Gasteiger partial charge in [0.1, 0.15) is 0 Å². The van der Waals surface area contributed by atoms with Crippen LogP contribution in [0.1, 0.15) is 26.7 Å². The molecule has 0 aromatic heterocycles. The van der Waals surface area contributed by atoms with Gasteiger partial charge in [-0.1, -0.05) is 13.8 Å². The van der Waals surface area contributed by atoms with Crippen LogP contribution in [0.2, 0.25) is 0 Å². The van der Waals surface area contributed by atoms with Gasteiger partial charge < -0.3 is 16.0 Å². The van der Waals surface area contributed by atoms with E-state index in [0.717, 1.165) is 25.9 Å². The van der Waals surface area contributed by atoms with Gasteiger partial charge in [0.2, 0.25) is 5.91 Å². The molecule has 3 N–H and O–H groups in total. The number of nitrogens with one attached hydrogen (secondary N) is 1. The zero-order valence-electron chi connectivity index (χ0n) is 10.0. The van der Waals surface area contributed by atoms with Gasteiger partial charge in [0, 0.05) is 25.6 Å². The molecule has 1 rings (SSSR count). The highest BCUT2D eigenvalue weighted by atomic mass is 16.2. The fraction of sp³-hybridized carbons (Fsp3) is 0.818. The van der Waals surface area contributed by atoms with E-state index < -0.39 is 6.03 Å². The van der Waals surface area contributed by atoms with Gasteiger partial charge in [-0.2, -0.15) is 0 Å². The highest BCUT2D eigenvalue weighted by molar-refractivity contribution is 5.78. The Kier molecular flexibility index (Phi) is 4.58. The Balaban J connectivity index is 2.41. The van der Waals surface area contributed by atoms with Crippen LogP contribution in [-0.4, -0.2) is 36.5 Å². The lowest BCUT2D eigenvalue weighted by atomic mass is 9.97. The number of rotatable bonds is 3. The van der Waals surface area contributed by atoms with E-state index in [1.807, 2.05) is 18.7 Å². The maximum atomic E-state index is 11.8. The second-order valence-corrected chi connectivity index (χ2v) is 4.69. The summed E-state index contributed by atoms with van der Waals surface area (Å²) in [7, 11) is 0. The molecule has 0 radical (unpaired) electrons. The van der Waals surface area contributed by atoms with Crippen molar-refractivity contribution in [1.82, 2.24) is 10.2 Å². The minimum atomic E-state index is -0.493. The predicted octanol–water partition coefficient (Wildman–Crippen LogP) is 0.549. The molecule has 0 spiro atoms. The van der Waals surface area contributed by atoms with Crippen molar-refractivity contribution in [3.63, 3.8) is 0 Å². The molecule has 0 bridgehead atoms. The number of hydrogen-bond donors (Lipinski definition) is 2. The lowest BCUT2D eigenvalue weighted by Gasteiger charge is -2.33. The van der Waals surface area contributed by atoms with E-state index in [2.05, 4.69) is 5.32 Å². The molecule has 1 atom stereocenters. The largest absolute Gasteiger partial charge is 0.352 e. The highest BCUT2D eigenvalue weighted by Gasteiger charge is 2.24. The van der Waals surface area contributed by atoms with Crippen LogP contribution in [0.3, 0.4) is 0 Å². The number of piperidine rings is 1. The molecule has 0 aliphatic carbocycles. The van der Waals surface area contributed by atoms with Crippen LogP contribution >= 0.6 is 0 Å². The Labute approximate surface area is 96.4 Å². The standard InChI is InChI=1S/C11H21N3O2/c1-8(2)10(15)14-5-3-4-9(7-14)6-13-11(12)16/h8-9H,3-7H2,1-2H3,(H3,12,13,16). The Bertz CT molecular complexity index is 266. The first-order chi connectivity index (χ1) is 7.50. The fourth-order valence-electron chi connectivity index (χ4n) is 2.04. The number of likely N-dealkylation sites (tertiary alicyclic amines) is 1. The van der Waals surface area contributed by atoms with E-state index in [0.29, 0.717) is 12.5 Å². The van der Waals surface area contributed by atoms with Crippen molar-refractivity contribution in [3.8, 4) is 0 Å². The molecule has 1 unspecified atom stereocenters. The van der Waals surface area contributed by atoms with Crippen molar-refractivity contribution in [2.75, 3.05) is 19.6 Å². The summed E-state index contributed by atoms with van der Waals surface area (Å²) >= 11 is 0. The second-order valence-electron chi connectivity index (χ2n) is 4.69. The Morgan fingerprint density at radius 3 is 2.75 bits per heavy atom. The number of carbonyl (C=O) groups is 2. The van der Waals surface area contributed by atoms with Crippen LogP contribution in [0.5, 0.6) is 0 Å². The van der Waals surface area contributed by atoms with Gasteiger partial charge in [-0.3, -0.25) is 4.79 Å². The van der Waals surface area contributed by atoms with E-state index >= 15 is 0 Å². The molecular weight excluding hydrogens is 206 g/mol. The van der Waals surface area contributed by atoms with E-state index in [1.54, 1.807) is 0 Å². The number of carbonyl (C=O) groups excluding carboxylic acids is 2. The molecule has 1 aliphatic heterocycles. The summed E-state index contributed by atoms with van der Waals surface area (Å²) < 4.78 is 0. The van der Waals surface area contributed by atoms with Crippen molar-refractivity contribution in [3.05, 3.63) is 0 Å². The molecule has 3 amide bonds. The van der Waals surface area contributed by atoms with Gasteiger partial charge in [0.25, 0.3) is 0 Å². The van der Waals surface area contributed by atoms with Gasteiger partial charge >= 0.3 is 6.03 Å². The molecule has 1 aliphatic rings. The van der Waals surface area contributed by atoms with E-state index in [1.165, 1.54) is 0 Å². The third-order valence-corrected chi connectivity index (χ3v) is 2.89. The van der Waals surface area contributed by atoms with Crippen LogP contribution in [-0.2, 0) is 4.79 Å². The van der Waals surface area contributed by atoms with Crippen molar-refractivity contribution in [2.24, 2.45) is 17.6 Å². The molecule has 0 saturated carbocycles. The molecule has 16 heavy (non-hydrogen) atoms. The number of primary amides is 1. The van der Waals surface area contributed by atoms with Crippen molar-refractivity contribution >= 4 is 11.9 Å². The monoisotopic (exact) mass is 227 g/mol. The summed E-state index contributed by atoms with van der Waals surface area (Å²) in [4.78, 5) is 24.3. The molecule has 0 aromatic carbocycles. The van der Waals surface area contributed by atoms with Crippen LogP contribution < -0.4 is 11.1 Å². The molecule has 5 heteroatoms. The lowest BCUT2D eigenvalue weighted by Crippen LogP contribution is -2.45. The molecular formula is C11H21N3O2. The topological polar surface area (TPSA) is 75.4 Å². The third kappa shape index (κ3) is 3.72. The molecule has 5 nitrogen and oxygen atoms in total. The number of amides is 3. The first-order valence-corrected chi connectivity index (χ1v) is 5.82. The first kappa shape index (κ1) is 12.8. The zero-order chi connectivity index (χ0) is 12.1. The molecule has 92 valence electrons. The normalized spacial score (nSPS) is 20.9. The lowest BCUT2D eigenvalue weighted by molar-refractivity contribution is -0.136. The number of hydrogen-bond acceptors (Lipinski definition) is 2. The zero-order valence-corrected chi connectivity index (χ0v) is 10.0. The Morgan fingerprint density at radius 1 is 1.50 bits per heavy atom. The average molecular weight is 227 g/mol. The fourth-order valence-corrected chi connectivity index (χ4v) is 2.04. The highest BCUT2D eigenvalue weighted by Crippen LogP contribution is 2.17. The van der Waals surface area contributed by atoms with Crippen molar-refractivity contribution in [1.29, 1.82) is 0 Å². The minimum Gasteiger partial charge on any atom is -0.352 e. The number of nitrogens with two attached hydrogens (primary N) is 1. The maximum Gasteiger partial charge on any atom is 0.312 e. The molecule has 1 heterocycles. The average Bonchev–Trinajstić information content (AvgIpc) is 2.25. The van der Waals surface area contributed by atoms with Crippen LogP contribution in [0.25, 0.3) is 0 Å². The van der Waals surface area contributed by atoms with Gasteiger partial charge in [-0.25, -0.2) is 4.79 Å². The molecule has 1 fully saturated rings. The summed E-state index contributed by atoms with van der Waals surface area (Å²) in [6.07, 6.45) is 2.05. The first-order valence-electron chi connectivity index (χ1n) is 5.82. The van der Waals surface area contributed by atoms with Gasteiger partial charge in [-0.15, -0.1) is 0 Å². The smallest absolute Gasteiger partial charge is 0.312 e. The van der Waals surface area contributed by atoms with Crippen LogP contribution in [0.15, 0.2) is 0 Å². The van der Waals surface area contributed by atoms with Gasteiger partial charge in [0.15, 0.2) is 0 Å². The third-order valence-electron chi connectivity index (χ3n) is 2.89. The summed E-state index contributed by atoms with van der Waals surface area (Å²) in [5, 5.41) is 2.60. The second kappa shape index (κ2) is 5.72. The van der Waals surface area contributed by atoms with E-state index in [9.17, 15) is 9.59 Å². The quantitative estimate of drug-likeness (QED) is 0.738. The predicted molar refractivity (Wildman–Crippen MR) is 61.7 cm³/mol. The van der Waals surface area contributed by atoms with Crippen LogP contribution in [0.4, 0.5) is 4.79 Å². The van der Waals surface area contributed by atoms with E-state index in [-0.39, 0.29) is 11.8 Å². The Morgan fingerprint density at radius 2 is 2.19 bits per heavy atom. The molecule has 0 aromatic rings. The number of nitrogens with zero attached hydrogens (tertiary/aromatic N) is 1. The van der Waals surface area contributed by atoms with Crippen LogP contribution in [0, 0.1) is 11.8 Å². The minimum absolute atomic E-state index is 0.0443. The number of urea groups is 1. The van der Waals surface area contributed by atoms with Crippen molar-refractivity contribution < 1.29 is 9.59 Å². The van der Waals surface area contributed by atoms with Crippen molar-refractivity contribution in [2.45, 2.75) is 26.7 Å². The van der Waals surface area contributed by atoms with Gasteiger partial charge in [0.05, 0.1) is 0 Å². The molecule has 1 saturated heterocycles. The summed E-state index contributed by atoms with van der Waals surface area (Å²) in [6.45, 7) is 5.96. The van der Waals surface area contributed by atoms with E-state index in [4.69, 9.17) is 5.73 Å².